The van der Waals surface area contributed by atoms with E-state index in [-0.39, 0.29) is 0 Å². The number of aliphatic hydroxyl groups excluding tert-OH is 1. The lowest BCUT2D eigenvalue weighted by Gasteiger charge is -2.04. The maximum atomic E-state index is 8.73. The number of unbranched alkanes of at least 4 members (excludes halogenated alkanes) is 16. The van der Waals surface area contributed by atoms with Gasteiger partial charge in [0.05, 0.1) is 13.2 Å². The predicted octanol–water partition coefficient (Wildman–Crippen LogP) is 6.36. The third-order valence-corrected chi connectivity index (χ3v) is 4.77. The molecule has 0 saturated carbocycles. The fraction of sp³-hybridized carbons (Fsp3) is 1.00. The largest absolute Gasteiger partial charge is 0.377 e. The molecule has 152 valence electrons. The molecule has 0 aromatic rings. The minimum atomic E-state index is -1.10. The topological polar surface area (TPSA) is 53.0 Å². The molecule has 0 unspecified atom stereocenters. The monoisotopic (exact) mass is 358 g/mol. The van der Waals surface area contributed by atoms with E-state index in [0.29, 0.717) is 6.42 Å². The number of ether oxygens (including phenoxy) is 1. The number of rotatable bonds is 18. The van der Waals surface area contributed by atoms with Crippen molar-refractivity contribution in [1.82, 2.24) is 0 Å². The van der Waals surface area contributed by atoms with E-state index in [1.54, 1.807) is 0 Å². The van der Waals surface area contributed by atoms with Crippen LogP contribution in [0.4, 0.5) is 0 Å². The lowest BCUT2D eigenvalue weighted by molar-refractivity contribution is -0.0466. The summed E-state index contributed by atoms with van der Waals surface area (Å²) in [7, 11) is 0. The quantitative estimate of drug-likeness (QED) is 0.170. The molecule has 0 amide bonds. The van der Waals surface area contributed by atoms with Gasteiger partial charge in [-0.05, 0) is 12.8 Å². The van der Waals surface area contributed by atoms with Crippen molar-refractivity contribution < 1.29 is 14.9 Å². The maximum Gasteiger partial charge on any atom is 0.151 e. The molecule has 0 atom stereocenters. The van der Waals surface area contributed by atoms with Crippen LogP contribution in [-0.2, 0) is 4.74 Å². The molecular formula is C22H46O3. The average Bonchev–Trinajstić information content (AvgIpc) is 3.46. The van der Waals surface area contributed by atoms with Crippen LogP contribution in [-0.4, -0.2) is 29.7 Å². The molecule has 3 heteroatoms. The van der Waals surface area contributed by atoms with E-state index in [1.165, 1.54) is 96.3 Å². The van der Waals surface area contributed by atoms with E-state index in [4.69, 9.17) is 10.2 Å². The number of aliphatic hydroxyl groups is 2. The molecule has 1 aliphatic heterocycles. The van der Waals surface area contributed by atoms with Crippen LogP contribution in [0.3, 0.4) is 0 Å². The van der Waals surface area contributed by atoms with E-state index in [1.807, 2.05) is 0 Å². The Bertz CT molecular complexity index is 227. The van der Waals surface area contributed by atoms with Gasteiger partial charge in [0.15, 0.2) is 6.29 Å². The van der Waals surface area contributed by atoms with Gasteiger partial charge in [-0.2, -0.15) is 0 Å². The van der Waals surface area contributed by atoms with Crippen LogP contribution in [0.2, 0.25) is 0 Å². The molecule has 3 nitrogen and oxygen atoms in total. The van der Waals surface area contributed by atoms with Crippen molar-refractivity contribution in [3.63, 3.8) is 0 Å². The van der Waals surface area contributed by atoms with E-state index in [0.717, 1.165) is 26.1 Å². The van der Waals surface area contributed by atoms with Crippen LogP contribution in [0, 0.1) is 0 Å². The molecule has 1 saturated heterocycles. The van der Waals surface area contributed by atoms with Crippen LogP contribution in [0.25, 0.3) is 0 Å². The highest BCUT2D eigenvalue weighted by Gasteiger charge is 1.97. The molecule has 0 bridgehead atoms. The van der Waals surface area contributed by atoms with E-state index in [9.17, 15) is 0 Å². The SMILES string of the molecule is C1CO1.CCCCCCCCCCCCCCCCCCCC(O)O. The molecule has 25 heavy (non-hydrogen) atoms. The third-order valence-electron chi connectivity index (χ3n) is 4.77. The second kappa shape index (κ2) is 21.9. The first-order valence-electron chi connectivity index (χ1n) is 11.2. The molecule has 0 aromatic heterocycles. The molecule has 0 aliphatic carbocycles. The highest BCUT2D eigenvalue weighted by atomic mass is 16.6. The fourth-order valence-corrected chi connectivity index (χ4v) is 3.05. The van der Waals surface area contributed by atoms with Gasteiger partial charge in [-0.1, -0.05) is 110 Å². The lowest BCUT2D eigenvalue weighted by atomic mass is 10.0. The van der Waals surface area contributed by atoms with Gasteiger partial charge in [-0.3, -0.25) is 0 Å². The van der Waals surface area contributed by atoms with Crippen molar-refractivity contribution in [3.8, 4) is 0 Å². The zero-order valence-electron chi connectivity index (χ0n) is 17.0. The van der Waals surface area contributed by atoms with Gasteiger partial charge in [-0.25, -0.2) is 0 Å². The van der Waals surface area contributed by atoms with Gasteiger partial charge in [-0.15, -0.1) is 0 Å². The molecule has 2 N–H and O–H groups in total. The second-order valence-corrected chi connectivity index (χ2v) is 7.54. The fourth-order valence-electron chi connectivity index (χ4n) is 3.05. The Hall–Kier alpha value is -0.120. The van der Waals surface area contributed by atoms with Gasteiger partial charge in [0.25, 0.3) is 0 Å². The van der Waals surface area contributed by atoms with Gasteiger partial charge < -0.3 is 14.9 Å². The van der Waals surface area contributed by atoms with Crippen molar-refractivity contribution in [2.24, 2.45) is 0 Å². The van der Waals surface area contributed by atoms with E-state index >= 15 is 0 Å². The molecule has 0 radical (unpaired) electrons. The molecule has 1 heterocycles. The zero-order valence-corrected chi connectivity index (χ0v) is 17.0. The van der Waals surface area contributed by atoms with Crippen LogP contribution < -0.4 is 0 Å². The second-order valence-electron chi connectivity index (χ2n) is 7.54. The zero-order chi connectivity index (χ0) is 18.4. The summed E-state index contributed by atoms with van der Waals surface area (Å²) in [6.07, 6.45) is 22.6. The van der Waals surface area contributed by atoms with Gasteiger partial charge >= 0.3 is 0 Å². The number of epoxide rings is 1. The van der Waals surface area contributed by atoms with Crippen LogP contribution in [0.15, 0.2) is 0 Å². The van der Waals surface area contributed by atoms with Crippen molar-refractivity contribution >= 4 is 0 Å². The average molecular weight is 359 g/mol. The molecule has 1 rings (SSSR count). The Morgan fingerprint density at radius 1 is 0.560 bits per heavy atom. The van der Waals surface area contributed by atoms with Crippen LogP contribution in [0.1, 0.15) is 122 Å². The standard InChI is InChI=1S/C20H42O2.C2H4O/c1-2-3-4-5-6-7-8-9-10-11-12-13-14-15-16-17-18-19-20(21)22;1-2-3-1/h20-22H,2-19H2,1H3;1-2H2. The summed E-state index contributed by atoms with van der Waals surface area (Å²) in [6, 6.07) is 0. The number of hydrogen-bond acceptors (Lipinski definition) is 3. The molecule has 1 aliphatic rings. The Balaban J connectivity index is 0.00000171. The minimum absolute atomic E-state index is 0.540. The first-order valence-corrected chi connectivity index (χ1v) is 11.2. The summed E-state index contributed by atoms with van der Waals surface area (Å²) in [4.78, 5) is 0. The maximum absolute atomic E-state index is 8.73. The van der Waals surface area contributed by atoms with Gasteiger partial charge in [0, 0.05) is 0 Å². The Labute approximate surface area is 157 Å². The Morgan fingerprint density at radius 2 is 0.840 bits per heavy atom. The third kappa shape index (κ3) is 28.9. The normalized spacial score (nSPS) is 13.0. The summed E-state index contributed by atoms with van der Waals surface area (Å²) in [5.74, 6) is 0. The number of hydrogen-bond donors (Lipinski definition) is 2. The van der Waals surface area contributed by atoms with Crippen molar-refractivity contribution in [2.75, 3.05) is 13.2 Å². The first-order chi connectivity index (χ1) is 12.3. The highest BCUT2D eigenvalue weighted by Crippen LogP contribution is 2.14. The lowest BCUT2D eigenvalue weighted by Crippen LogP contribution is -2.02. The van der Waals surface area contributed by atoms with E-state index < -0.39 is 6.29 Å². The van der Waals surface area contributed by atoms with Crippen LogP contribution in [0.5, 0.6) is 0 Å². The molecule has 1 fully saturated rings. The van der Waals surface area contributed by atoms with Crippen molar-refractivity contribution in [2.45, 2.75) is 129 Å². The van der Waals surface area contributed by atoms with E-state index in [2.05, 4.69) is 11.7 Å². The molecule has 0 aromatic carbocycles. The summed E-state index contributed by atoms with van der Waals surface area (Å²) < 4.78 is 4.50. The highest BCUT2D eigenvalue weighted by molar-refractivity contribution is 4.50. The summed E-state index contributed by atoms with van der Waals surface area (Å²) in [5, 5.41) is 17.5. The molecule has 0 spiro atoms. The van der Waals surface area contributed by atoms with Crippen molar-refractivity contribution in [3.05, 3.63) is 0 Å². The summed E-state index contributed by atoms with van der Waals surface area (Å²) in [5.41, 5.74) is 0. The summed E-state index contributed by atoms with van der Waals surface area (Å²) >= 11 is 0. The minimum Gasteiger partial charge on any atom is -0.377 e. The van der Waals surface area contributed by atoms with Crippen LogP contribution >= 0.6 is 0 Å². The Morgan fingerprint density at radius 3 is 1.08 bits per heavy atom. The Kier molecular flexibility index (Phi) is 21.8. The smallest absolute Gasteiger partial charge is 0.151 e. The van der Waals surface area contributed by atoms with Gasteiger partial charge in [0.1, 0.15) is 0 Å². The van der Waals surface area contributed by atoms with Crippen molar-refractivity contribution in [1.29, 1.82) is 0 Å². The van der Waals surface area contributed by atoms with Gasteiger partial charge in [0.2, 0.25) is 0 Å². The first kappa shape index (κ1) is 24.9. The molecular weight excluding hydrogens is 312 g/mol. The predicted molar refractivity (Wildman–Crippen MR) is 108 cm³/mol. The summed E-state index contributed by atoms with van der Waals surface area (Å²) in [6.45, 7) is 4.28.